The zero-order chi connectivity index (χ0) is 17.1. The van der Waals surface area contributed by atoms with E-state index in [1.165, 1.54) is 0 Å². The molecule has 0 heterocycles. The van der Waals surface area contributed by atoms with Crippen LogP contribution in [0.25, 0.3) is 0 Å². The van der Waals surface area contributed by atoms with Crippen LogP contribution in [0.1, 0.15) is 51.0 Å². The van der Waals surface area contributed by atoms with E-state index in [4.69, 9.17) is 5.73 Å². The number of phenolic OH excluding ortho intramolecular Hbond substituents is 1. The van der Waals surface area contributed by atoms with Gasteiger partial charge in [-0.2, -0.15) is 0 Å². The average molecular weight is 320 g/mol. The molecule has 23 heavy (non-hydrogen) atoms. The van der Waals surface area contributed by atoms with Gasteiger partial charge in [-0.25, -0.2) is 0 Å². The van der Waals surface area contributed by atoms with E-state index in [9.17, 15) is 14.7 Å². The van der Waals surface area contributed by atoms with Gasteiger partial charge in [0.1, 0.15) is 11.5 Å². The van der Waals surface area contributed by atoms with Crippen molar-refractivity contribution >= 4 is 11.7 Å². The average Bonchev–Trinajstić information content (AvgIpc) is 2.52. The molecule has 5 nitrogen and oxygen atoms in total. The lowest BCUT2D eigenvalue weighted by Crippen LogP contribution is -2.43. The van der Waals surface area contributed by atoms with E-state index in [-0.39, 0.29) is 11.5 Å². The van der Waals surface area contributed by atoms with Crippen LogP contribution in [0.2, 0.25) is 0 Å². The Labute approximate surface area is 138 Å². The lowest BCUT2D eigenvalue weighted by molar-refractivity contribution is -0.120. The maximum Gasteiger partial charge on any atom is 0.234 e. The van der Waals surface area contributed by atoms with Gasteiger partial charge in [-0.1, -0.05) is 31.9 Å². The van der Waals surface area contributed by atoms with Crippen molar-refractivity contribution in [3.8, 4) is 5.75 Å². The predicted molar refractivity (Wildman–Crippen MR) is 91.2 cm³/mol. The Morgan fingerprint density at radius 3 is 2.39 bits per heavy atom. The Balaban J connectivity index is 2.29. The number of rotatable bonds is 12. The van der Waals surface area contributed by atoms with Crippen molar-refractivity contribution in [2.45, 2.75) is 57.9 Å². The molecule has 4 N–H and O–H groups in total. The van der Waals surface area contributed by atoms with E-state index in [0.717, 1.165) is 24.8 Å². The van der Waals surface area contributed by atoms with Gasteiger partial charge < -0.3 is 16.2 Å². The number of Topliss-reactive ketones (excluding diaryl/α,β-unsaturated/α-hetero) is 1. The molecule has 0 spiro atoms. The van der Waals surface area contributed by atoms with Crippen molar-refractivity contribution in [1.82, 2.24) is 5.32 Å². The Morgan fingerprint density at radius 2 is 1.78 bits per heavy atom. The molecule has 0 bridgehead atoms. The minimum absolute atomic E-state index is 0.193. The Morgan fingerprint density at radius 1 is 1.13 bits per heavy atom. The summed E-state index contributed by atoms with van der Waals surface area (Å²) in [5.74, 6) is 0.0701. The minimum Gasteiger partial charge on any atom is -0.508 e. The molecule has 0 fully saturated rings. The number of benzene rings is 1. The highest BCUT2D eigenvalue weighted by Gasteiger charge is 2.15. The highest BCUT2D eigenvalue weighted by Crippen LogP contribution is 2.11. The summed E-state index contributed by atoms with van der Waals surface area (Å²) in [7, 11) is 0. The van der Waals surface area contributed by atoms with Crippen LogP contribution < -0.4 is 11.1 Å². The van der Waals surface area contributed by atoms with Gasteiger partial charge >= 0.3 is 0 Å². The van der Waals surface area contributed by atoms with Gasteiger partial charge in [0, 0.05) is 12.8 Å². The van der Waals surface area contributed by atoms with E-state index >= 15 is 0 Å². The molecule has 0 saturated carbocycles. The number of amides is 1. The van der Waals surface area contributed by atoms with E-state index < -0.39 is 11.9 Å². The standard InChI is InChI=1S/C18H28N2O3/c1-2-3-4-6-15(21)7-5-12-20-17(18(19)23)13-14-8-10-16(22)11-9-14/h8-11,17,20,22H,2-7,12-13H2,1H3,(H2,19,23)/t17-/m0/s1. The molecular formula is C18H28N2O3. The number of aromatic hydroxyl groups is 1. The molecule has 1 aromatic rings. The third-order valence-corrected chi connectivity index (χ3v) is 3.80. The second kappa shape index (κ2) is 10.8. The van der Waals surface area contributed by atoms with Crippen molar-refractivity contribution in [2.75, 3.05) is 6.54 Å². The maximum absolute atomic E-state index is 11.7. The van der Waals surface area contributed by atoms with E-state index in [1.807, 2.05) is 0 Å². The van der Waals surface area contributed by atoms with Gasteiger partial charge in [-0.05, 0) is 43.5 Å². The number of phenols is 1. The van der Waals surface area contributed by atoms with Crippen LogP contribution >= 0.6 is 0 Å². The summed E-state index contributed by atoms with van der Waals surface area (Å²) >= 11 is 0. The van der Waals surface area contributed by atoms with Gasteiger partial charge in [-0.3, -0.25) is 9.59 Å². The van der Waals surface area contributed by atoms with Gasteiger partial charge in [-0.15, -0.1) is 0 Å². The molecule has 0 aliphatic rings. The summed E-state index contributed by atoms with van der Waals surface area (Å²) in [4.78, 5) is 23.2. The summed E-state index contributed by atoms with van der Waals surface area (Å²) in [6.07, 6.45) is 5.56. The molecule has 1 rings (SSSR count). The van der Waals surface area contributed by atoms with Crippen LogP contribution in [0.4, 0.5) is 0 Å². The highest BCUT2D eigenvalue weighted by atomic mass is 16.3. The van der Waals surface area contributed by atoms with Crippen LogP contribution in [-0.2, 0) is 16.0 Å². The number of ketones is 1. The fraction of sp³-hybridized carbons (Fsp3) is 0.556. The maximum atomic E-state index is 11.7. The zero-order valence-electron chi connectivity index (χ0n) is 13.9. The minimum atomic E-state index is -0.463. The molecule has 1 aromatic carbocycles. The topological polar surface area (TPSA) is 92.4 Å². The van der Waals surface area contributed by atoms with Gasteiger partial charge in [0.15, 0.2) is 0 Å². The van der Waals surface area contributed by atoms with Crippen molar-refractivity contribution in [3.63, 3.8) is 0 Å². The summed E-state index contributed by atoms with van der Waals surface area (Å²) in [6, 6.07) is 6.24. The Kier molecular flexibility index (Phi) is 8.98. The lowest BCUT2D eigenvalue weighted by Gasteiger charge is -2.15. The van der Waals surface area contributed by atoms with Crippen molar-refractivity contribution < 1.29 is 14.7 Å². The van der Waals surface area contributed by atoms with E-state index in [2.05, 4.69) is 12.2 Å². The van der Waals surface area contributed by atoms with Crippen molar-refractivity contribution in [2.24, 2.45) is 5.73 Å². The molecule has 0 radical (unpaired) electrons. The summed E-state index contributed by atoms with van der Waals surface area (Å²) < 4.78 is 0. The largest absolute Gasteiger partial charge is 0.508 e. The number of nitrogens with two attached hydrogens (primary N) is 1. The normalized spacial score (nSPS) is 12.0. The van der Waals surface area contributed by atoms with Crippen LogP contribution in [0.5, 0.6) is 5.75 Å². The van der Waals surface area contributed by atoms with E-state index in [0.29, 0.717) is 32.2 Å². The number of carbonyl (C=O) groups is 2. The van der Waals surface area contributed by atoms with Gasteiger partial charge in [0.2, 0.25) is 5.91 Å². The second-order valence-corrected chi connectivity index (χ2v) is 5.88. The van der Waals surface area contributed by atoms with Gasteiger partial charge in [0.05, 0.1) is 6.04 Å². The summed E-state index contributed by atoms with van der Waals surface area (Å²) in [5, 5.41) is 12.4. The van der Waals surface area contributed by atoms with Crippen LogP contribution in [0.3, 0.4) is 0 Å². The SMILES string of the molecule is CCCCCC(=O)CCCN[C@@H](Cc1ccc(O)cc1)C(N)=O. The third kappa shape index (κ3) is 8.35. The molecule has 0 aromatic heterocycles. The first kappa shape index (κ1) is 19.2. The first-order valence-corrected chi connectivity index (χ1v) is 8.35. The number of carbonyl (C=O) groups excluding carboxylic acids is 2. The van der Waals surface area contributed by atoms with E-state index in [1.54, 1.807) is 24.3 Å². The predicted octanol–water partition coefficient (Wildman–Crippen LogP) is 2.31. The Bertz CT molecular complexity index is 486. The molecule has 5 heteroatoms. The number of hydrogen-bond acceptors (Lipinski definition) is 4. The number of primary amides is 1. The van der Waals surface area contributed by atoms with Gasteiger partial charge in [0.25, 0.3) is 0 Å². The first-order chi connectivity index (χ1) is 11.0. The molecule has 0 aliphatic carbocycles. The van der Waals surface area contributed by atoms with Crippen LogP contribution in [0, 0.1) is 0 Å². The molecule has 1 amide bonds. The second-order valence-electron chi connectivity index (χ2n) is 5.88. The number of unbranched alkanes of at least 4 members (excludes halogenated alkanes) is 2. The quantitative estimate of drug-likeness (QED) is 0.515. The fourth-order valence-corrected chi connectivity index (χ4v) is 2.40. The smallest absolute Gasteiger partial charge is 0.234 e. The molecule has 0 aliphatic heterocycles. The highest BCUT2D eigenvalue weighted by molar-refractivity contribution is 5.80. The van der Waals surface area contributed by atoms with Crippen molar-refractivity contribution in [1.29, 1.82) is 0 Å². The lowest BCUT2D eigenvalue weighted by atomic mass is 10.0. The molecule has 0 unspecified atom stereocenters. The van der Waals surface area contributed by atoms with Crippen molar-refractivity contribution in [3.05, 3.63) is 29.8 Å². The summed E-state index contributed by atoms with van der Waals surface area (Å²) in [5.41, 5.74) is 6.35. The summed E-state index contributed by atoms with van der Waals surface area (Å²) in [6.45, 7) is 2.71. The fourth-order valence-electron chi connectivity index (χ4n) is 2.40. The zero-order valence-corrected chi connectivity index (χ0v) is 13.9. The molecule has 128 valence electrons. The third-order valence-electron chi connectivity index (χ3n) is 3.80. The number of nitrogens with one attached hydrogen (secondary N) is 1. The molecule has 1 atom stereocenters. The van der Waals surface area contributed by atoms with Crippen LogP contribution in [-0.4, -0.2) is 29.4 Å². The molecular weight excluding hydrogens is 292 g/mol. The first-order valence-electron chi connectivity index (χ1n) is 8.35. The molecule has 0 saturated heterocycles. The number of hydrogen-bond donors (Lipinski definition) is 3. The Hall–Kier alpha value is -1.88. The van der Waals surface area contributed by atoms with Crippen LogP contribution in [0.15, 0.2) is 24.3 Å². The monoisotopic (exact) mass is 320 g/mol.